The summed E-state index contributed by atoms with van der Waals surface area (Å²) in [5.74, 6) is 0.470. The van der Waals surface area contributed by atoms with Crippen LogP contribution in [0, 0.1) is 17.2 Å². The number of benzene rings is 1. The first-order valence-electron chi connectivity index (χ1n) is 6.14. The number of hydrogen-bond donors (Lipinski definition) is 1. The van der Waals surface area contributed by atoms with E-state index >= 15 is 0 Å². The fraction of sp³-hybridized carbons (Fsp3) is 0.500. The van der Waals surface area contributed by atoms with Gasteiger partial charge in [0.05, 0.1) is 11.6 Å². The van der Waals surface area contributed by atoms with E-state index in [-0.39, 0.29) is 0 Å². The summed E-state index contributed by atoms with van der Waals surface area (Å²) in [5.41, 5.74) is 1.88. The average molecular weight is 230 g/mol. The number of hydrogen-bond acceptors (Lipinski definition) is 3. The van der Waals surface area contributed by atoms with Crippen LogP contribution in [0.1, 0.15) is 24.0 Å². The minimum absolute atomic E-state index is 0.308. The van der Waals surface area contributed by atoms with Crippen LogP contribution in [-0.2, 0) is 6.54 Å². The molecule has 0 unspecified atom stereocenters. The minimum Gasteiger partial charge on any atom is -0.396 e. The highest BCUT2D eigenvalue weighted by atomic mass is 16.3. The molecule has 1 aliphatic rings. The Balaban J connectivity index is 1.96. The van der Waals surface area contributed by atoms with Gasteiger partial charge < -0.3 is 5.11 Å². The molecule has 0 bridgehead atoms. The van der Waals surface area contributed by atoms with Gasteiger partial charge in [0.25, 0.3) is 0 Å². The van der Waals surface area contributed by atoms with Crippen molar-refractivity contribution in [2.75, 3.05) is 19.7 Å². The van der Waals surface area contributed by atoms with E-state index < -0.39 is 0 Å². The van der Waals surface area contributed by atoms with Crippen LogP contribution in [0.5, 0.6) is 0 Å². The molecule has 0 atom stereocenters. The van der Waals surface area contributed by atoms with Gasteiger partial charge in [0.2, 0.25) is 0 Å². The Morgan fingerprint density at radius 2 is 2.00 bits per heavy atom. The lowest BCUT2D eigenvalue weighted by Gasteiger charge is -2.31. The first-order chi connectivity index (χ1) is 8.33. The van der Waals surface area contributed by atoms with E-state index in [9.17, 15) is 0 Å². The van der Waals surface area contributed by atoms with Crippen LogP contribution in [0.3, 0.4) is 0 Å². The number of piperidine rings is 1. The van der Waals surface area contributed by atoms with Crippen molar-refractivity contribution >= 4 is 0 Å². The normalized spacial score (nSPS) is 17.9. The van der Waals surface area contributed by atoms with E-state index in [1.807, 2.05) is 24.3 Å². The fourth-order valence-electron chi connectivity index (χ4n) is 2.34. The molecule has 3 nitrogen and oxygen atoms in total. The Labute approximate surface area is 102 Å². The summed E-state index contributed by atoms with van der Waals surface area (Å²) < 4.78 is 0. The lowest BCUT2D eigenvalue weighted by molar-refractivity contribution is 0.127. The molecule has 1 fully saturated rings. The molecule has 1 saturated heterocycles. The van der Waals surface area contributed by atoms with Crippen LogP contribution in [0.25, 0.3) is 0 Å². The number of rotatable bonds is 3. The van der Waals surface area contributed by atoms with Gasteiger partial charge in [0.1, 0.15) is 0 Å². The van der Waals surface area contributed by atoms with Crippen LogP contribution in [0.4, 0.5) is 0 Å². The summed E-state index contributed by atoms with van der Waals surface area (Å²) in [4.78, 5) is 2.36. The van der Waals surface area contributed by atoms with Crippen molar-refractivity contribution < 1.29 is 5.11 Å². The summed E-state index contributed by atoms with van der Waals surface area (Å²) in [5, 5.41) is 18.1. The van der Waals surface area contributed by atoms with E-state index in [2.05, 4.69) is 11.0 Å². The van der Waals surface area contributed by atoms with E-state index in [0.717, 1.165) is 43.6 Å². The third-order valence-corrected chi connectivity index (χ3v) is 3.50. The largest absolute Gasteiger partial charge is 0.396 e. The molecule has 1 aromatic rings. The fourth-order valence-corrected chi connectivity index (χ4v) is 2.34. The zero-order valence-electron chi connectivity index (χ0n) is 9.97. The van der Waals surface area contributed by atoms with Crippen LogP contribution >= 0.6 is 0 Å². The highest BCUT2D eigenvalue weighted by Gasteiger charge is 2.18. The summed E-state index contributed by atoms with van der Waals surface area (Å²) in [7, 11) is 0. The Hall–Kier alpha value is -1.37. The summed E-state index contributed by atoms with van der Waals surface area (Å²) >= 11 is 0. The zero-order valence-corrected chi connectivity index (χ0v) is 9.97. The predicted molar refractivity (Wildman–Crippen MR) is 66.2 cm³/mol. The van der Waals surface area contributed by atoms with Gasteiger partial charge in [-0.2, -0.15) is 5.26 Å². The van der Waals surface area contributed by atoms with Gasteiger partial charge in [-0.1, -0.05) is 18.2 Å². The number of likely N-dealkylation sites (tertiary alicyclic amines) is 1. The third-order valence-electron chi connectivity index (χ3n) is 3.50. The van der Waals surface area contributed by atoms with Gasteiger partial charge in [-0.25, -0.2) is 0 Å². The number of aliphatic hydroxyl groups is 1. The Kier molecular flexibility index (Phi) is 4.13. The second-order valence-corrected chi connectivity index (χ2v) is 4.67. The Bertz CT molecular complexity index is 403. The monoisotopic (exact) mass is 230 g/mol. The van der Waals surface area contributed by atoms with Gasteiger partial charge in [-0.15, -0.1) is 0 Å². The average Bonchev–Trinajstić information content (AvgIpc) is 2.40. The molecule has 1 N–H and O–H groups in total. The summed E-state index contributed by atoms with van der Waals surface area (Å²) in [6.45, 7) is 3.19. The van der Waals surface area contributed by atoms with Crippen LogP contribution in [0.2, 0.25) is 0 Å². The summed E-state index contributed by atoms with van der Waals surface area (Å²) in [6, 6.07) is 10.0. The summed E-state index contributed by atoms with van der Waals surface area (Å²) in [6.07, 6.45) is 2.12. The van der Waals surface area contributed by atoms with E-state index in [0.29, 0.717) is 12.5 Å². The maximum atomic E-state index is 9.09. The van der Waals surface area contributed by atoms with E-state index in [1.165, 1.54) is 0 Å². The standard InChI is InChI=1S/C14H18N2O/c15-9-13-3-1-2-4-14(13)10-16-7-5-12(11-17)6-8-16/h1-4,12,17H,5-8,10-11H2. The van der Waals surface area contributed by atoms with Crippen molar-refractivity contribution in [3.8, 4) is 6.07 Å². The van der Waals surface area contributed by atoms with Crippen molar-refractivity contribution in [2.24, 2.45) is 5.92 Å². The molecule has 0 aliphatic carbocycles. The molecular weight excluding hydrogens is 212 g/mol. The number of aliphatic hydroxyl groups excluding tert-OH is 1. The van der Waals surface area contributed by atoms with Gasteiger partial charge in [0.15, 0.2) is 0 Å². The quantitative estimate of drug-likeness (QED) is 0.860. The van der Waals surface area contributed by atoms with Gasteiger partial charge in [-0.05, 0) is 43.5 Å². The molecular formula is C14H18N2O. The van der Waals surface area contributed by atoms with Crippen molar-refractivity contribution in [1.29, 1.82) is 5.26 Å². The van der Waals surface area contributed by atoms with Crippen molar-refractivity contribution in [1.82, 2.24) is 4.90 Å². The third kappa shape index (κ3) is 3.06. The molecule has 1 aliphatic heterocycles. The highest BCUT2D eigenvalue weighted by molar-refractivity contribution is 5.37. The van der Waals surface area contributed by atoms with Crippen molar-refractivity contribution in [3.05, 3.63) is 35.4 Å². The molecule has 2 rings (SSSR count). The van der Waals surface area contributed by atoms with Gasteiger partial charge in [0, 0.05) is 13.2 Å². The van der Waals surface area contributed by atoms with Crippen molar-refractivity contribution in [2.45, 2.75) is 19.4 Å². The first kappa shape index (κ1) is 12.1. The lowest BCUT2D eigenvalue weighted by Crippen LogP contribution is -2.34. The maximum Gasteiger partial charge on any atom is 0.0995 e. The second kappa shape index (κ2) is 5.81. The molecule has 1 heterocycles. The molecule has 90 valence electrons. The lowest BCUT2D eigenvalue weighted by atomic mass is 9.97. The minimum atomic E-state index is 0.308. The SMILES string of the molecule is N#Cc1ccccc1CN1CCC(CO)CC1. The molecule has 1 aromatic carbocycles. The maximum absolute atomic E-state index is 9.09. The van der Waals surface area contributed by atoms with Crippen LogP contribution in [0.15, 0.2) is 24.3 Å². The topological polar surface area (TPSA) is 47.3 Å². The van der Waals surface area contributed by atoms with E-state index in [1.54, 1.807) is 0 Å². The van der Waals surface area contributed by atoms with Gasteiger partial charge >= 0.3 is 0 Å². The predicted octanol–water partition coefficient (Wildman–Crippen LogP) is 1.76. The molecule has 17 heavy (non-hydrogen) atoms. The molecule has 0 saturated carbocycles. The van der Waals surface area contributed by atoms with Crippen LogP contribution in [-0.4, -0.2) is 29.7 Å². The van der Waals surface area contributed by atoms with Gasteiger partial charge in [-0.3, -0.25) is 4.90 Å². The van der Waals surface area contributed by atoms with E-state index in [4.69, 9.17) is 10.4 Å². The molecule has 3 heteroatoms. The highest BCUT2D eigenvalue weighted by Crippen LogP contribution is 2.19. The smallest absolute Gasteiger partial charge is 0.0995 e. The van der Waals surface area contributed by atoms with Crippen molar-refractivity contribution in [3.63, 3.8) is 0 Å². The molecule has 0 aromatic heterocycles. The first-order valence-corrected chi connectivity index (χ1v) is 6.14. The Morgan fingerprint density at radius 1 is 1.29 bits per heavy atom. The van der Waals surface area contributed by atoms with Crippen LogP contribution < -0.4 is 0 Å². The molecule has 0 spiro atoms. The zero-order chi connectivity index (χ0) is 12.1. The Morgan fingerprint density at radius 3 is 2.65 bits per heavy atom. The second-order valence-electron chi connectivity index (χ2n) is 4.67. The number of nitriles is 1. The molecule has 0 amide bonds. The number of nitrogens with zero attached hydrogens (tertiary/aromatic N) is 2. The molecule has 0 radical (unpaired) electrons.